The molecule has 1 amide bonds. The smallest absolute Gasteiger partial charge is 0.263 e. The minimum Gasteiger partial charge on any atom is -0.507 e. The number of carbonyl (C=O) groups is 1. The molecule has 0 aliphatic heterocycles. The molecule has 0 atom stereocenters. The lowest BCUT2D eigenvalue weighted by Gasteiger charge is -2.11. The SMILES string of the molecule is COc1ccccc1NC(=O)c1c(O)cccc1O. The van der Waals surface area contributed by atoms with Crippen molar-refractivity contribution < 1.29 is 19.7 Å². The fourth-order valence-electron chi connectivity index (χ4n) is 1.69. The number of hydrogen-bond acceptors (Lipinski definition) is 4. The van der Waals surface area contributed by atoms with Crippen LogP contribution in [-0.4, -0.2) is 23.2 Å². The number of methoxy groups -OCH3 is 1. The number of para-hydroxylation sites is 2. The van der Waals surface area contributed by atoms with Crippen molar-refractivity contribution in [2.24, 2.45) is 0 Å². The van der Waals surface area contributed by atoms with E-state index >= 15 is 0 Å². The first-order chi connectivity index (χ1) is 9.13. The molecule has 0 aliphatic carbocycles. The van der Waals surface area contributed by atoms with Gasteiger partial charge in [0.25, 0.3) is 5.91 Å². The second kappa shape index (κ2) is 5.30. The zero-order valence-corrected chi connectivity index (χ0v) is 10.3. The van der Waals surface area contributed by atoms with Crippen LogP contribution in [0.5, 0.6) is 17.2 Å². The van der Waals surface area contributed by atoms with Crippen LogP contribution in [0.2, 0.25) is 0 Å². The third-order valence-electron chi connectivity index (χ3n) is 2.60. The molecule has 0 heterocycles. The van der Waals surface area contributed by atoms with Gasteiger partial charge in [-0.15, -0.1) is 0 Å². The number of carbonyl (C=O) groups excluding carboxylic acids is 1. The van der Waals surface area contributed by atoms with Crippen molar-refractivity contribution in [3.63, 3.8) is 0 Å². The second-order valence-corrected chi connectivity index (χ2v) is 3.83. The first-order valence-electron chi connectivity index (χ1n) is 5.59. The maximum absolute atomic E-state index is 12.0. The Morgan fingerprint density at radius 1 is 1.05 bits per heavy atom. The molecule has 0 unspecified atom stereocenters. The van der Waals surface area contributed by atoms with Gasteiger partial charge in [-0.3, -0.25) is 4.79 Å². The van der Waals surface area contributed by atoms with E-state index in [0.29, 0.717) is 11.4 Å². The summed E-state index contributed by atoms with van der Waals surface area (Å²) < 4.78 is 5.10. The lowest BCUT2D eigenvalue weighted by molar-refractivity contribution is 0.102. The van der Waals surface area contributed by atoms with Crippen LogP contribution in [0.1, 0.15) is 10.4 Å². The van der Waals surface area contributed by atoms with Crippen LogP contribution >= 0.6 is 0 Å². The highest BCUT2D eigenvalue weighted by molar-refractivity contribution is 6.08. The van der Waals surface area contributed by atoms with Crippen LogP contribution in [0.4, 0.5) is 5.69 Å². The van der Waals surface area contributed by atoms with Crippen LogP contribution in [0.25, 0.3) is 0 Å². The van der Waals surface area contributed by atoms with Gasteiger partial charge in [-0.1, -0.05) is 18.2 Å². The molecule has 19 heavy (non-hydrogen) atoms. The molecule has 0 fully saturated rings. The topological polar surface area (TPSA) is 78.8 Å². The summed E-state index contributed by atoms with van der Waals surface area (Å²) in [5.41, 5.74) is 0.283. The molecule has 0 spiro atoms. The third kappa shape index (κ3) is 2.60. The maximum Gasteiger partial charge on any atom is 0.263 e. The number of phenols is 2. The van der Waals surface area contributed by atoms with Crippen molar-refractivity contribution in [2.75, 3.05) is 12.4 Å². The second-order valence-electron chi connectivity index (χ2n) is 3.83. The van der Waals surface area contributed by atoms with Crippen molar-refractivity contribution in [3.05, 3.63) is 48.0 Å². The first kappa shape index (κ1) is 12.8. The average molecular weight is 259 g/mol. The summed E-state index contributed by atoms with van der Waals surface area (Å²) in [6.07, 6.45) is 0. The average Bonchev–Trinajstić information content (AvgIpc) is 2.39. The molecule has 2 aromatic carbocycles. The minimum atomic E-state index is -0.611. The van der Waals surface area contributed by atoms with E-state index in [0.717, 1.165) is 0 Å². The normalized spacial score (nSPS) is 9.95. The van der Waals surface area contributed by atoms with Gasteiger partial charge in [-0.2, -0.15) is 0 Å². The zero-order chi connectivity index (χ0) is 13.8. The molecule has 5 nitrogen and oxygen atoms in total. The van der Waals surface area contributed by atoms with E-state index in [1.54, 1.807) is 24.3 Å². The Bertz CT molecular complexity index is 590. The molecule has 0 aromatic heterocycles. The lowest BCUT2D eigenvalue weighted by Crippen LogP contribution is -2.13. The Labute approximate surface area is 110 Å². The summed E-state index contributed by atoms with van der Waals surface area (Å²) in [7, 11) is 1.49. The Balaban J connectivity index is 2.31. The summed E-state index contributed by atoms with van der Waals surface area (Å²) in [5.74, 6) is -0.689. The molecule has 5 heteroatoms. The summed E-state index contributed by atoms with van der Waals surface area (Å²) in [4.78, 5) is 12.0. The summed E-state index contributed by atoms with van der Waals surface area (Å²) in [6, 6.07) is 11.0. The Kier molecular flexibility index (Phi) is 3.56. The van der Waals surface area contributed by atoms with Crippen LogP contribution in [0.3, 0.4) is 0 Å². The van der Waals surface area contributed by atoms with E-state index in [9.17, 15) is 15.0 Å². The predicted molar refractivity (Wildman–Crippen MR) is 70.7 cm³/mol. The van der Waals surface area contributed by atoms with Gasteiger partial charge in [-0.05, 0) is 24.3 Å². The molecule has 3 N–H and O–H groups in total. The molecule has 0 bridgehead atoms. The van der Waals surface area contributed by atoms with Gasteiger partial charge in [0.05, 0.1) is 12.8 Å². The van der Waals surface area contributed by atoms with E-state index < -0.39 is 5.91 Å². The standard InChI is InChI=1S/C14H13NO4/c1-19-12-8-3-2-5-9(12)15-14(18)13-10(16)6-4-7-11(13)17/h2-8,16-17H,1H3,(H,15,18). The third-order valence-corrected chi connectivity index (χ3v) is 2.60. The fourth-order valence-corrected chi connectivity index (χ4v) is 1.69. The van der Waals surface area contributed by atoms with E-state index in [4.69, 9.17) is 4.74 Å². The quantitative estimate of drug-likeness (QED) is 0.790. The first-order valence-corrected chi connectivity index (χ1v) is 5.59. The number of amides is 1. The highest BCUT2D eigenvalue weighted by atomic mass is 16.5. The number of rotatable bonds is 3. The Hall–Kier alpha value is -2.69. The van der Waals surface area contributed by atoms with E-state index in [1.165, 1.54) is 25.3 Å². The monoisotopic (exact) mass is 259 g/mol. The minimum absolute atomic E-state index is 0.173. The highest BCUT2D eigenvalue weighted by Crippen LogP contribution is 2.29. The number of ether oxygens (including phenoxy) is 1. The number of benzene rings is 2. The van der Waals surface area contributed by atoms with Crippen molar-refractivity contribution in [2.45, 2.75) is 0 Å². The number of hydrogen-bond donors (Lipinski definition) is 3. The van der Waals surface area contributed by atoms with Gasteiger partial charge in [0, 0.05) is 0 Å². The summed E-state index contributed by atoms with van der Waals surface area (Å²) >= 11 is 0. The van der Waals surface area contributed by atoms with Gasteiger partial charge in [0.15, 0.2) is 0 Å². The Morgan fingerprint density at radius 2 is 1.68 bits per heavy atom. The Morgan fingerprint density at radius 3 is 2.32 bits per heavy atom. The summed E-state index contributed by atoms with van der Waals surface area (Å²) in [6.45, 7) is 0. The molecule has 0 saturated carbocycles. The van der Waals surface area contributed by atoms with Crippen molar-refractivity contribution in [1.29, 1.82) is 0 Å². The maximum atomic E-state index is 12.0. The highest BCUT2D eigenvalue weighted by Gasteiger charge is 2.17. The number of aromatic hydroxyl groups is 2. The fraction of sp³-hybridized carbons (Fsp3) is 0.0714. The summed E-state index contributed by atoms with van der Waals surface area (Å²) in [5, 5.41) is 21.8. The number of nitrogens with one attached hydrogen (secondary N) is 1. The molecule has 0 saturated heterocycles. The number of anilines is 1. The van der Waals surface area contributed by atoms with Gasteiger partial charge in [0.2, 0.25) is 0 Å². The number of phenolic OH excluding ortho intramolecular Hbond substituents is 2. The molecule has 2 rings (SSSR count). The predicted octanol–water partition coefficient (Wildman–Crippen LogP) is 2.36. The van der Waals surface area contributed by atoms with Crippen molar-refractivity contribution in [1.82, 2.24) is 0 Å². The van der Waals surface area contributed by atoms with Crippen molar-refractivity contribution in [3.8, 4) is 17.2 Å². The van der Waals surface area contributed by atoms with Gasteiger partial charge in [-0.25, -0.2) is 0 Å². The van der Waals surface area contributed by atoms with Gasteiger partial charge >= 0.3 is 0 Å². The van der Waals surface area contributed by atoms with E-state index in [2.05, 4.69) is 5.32 Å². The van der Waals surface area contributed by atoms with E-state index in [1.807, 2.05) is 0 Å². The molecular weight excluding hydrogens is 246 g/mol. The zero-order valence-electron chi connectivity index (χ0n) is 10.3. The van der Waals surface area contributed by atoms with Gasteiger partial charge < -0.3 is 20.3 Å². The van der Waals surface area contributed by atoms with Crippen LogP contribution in [0.15, 0.2) is 42.5 Å². The molecule has 0 aliphatic rings. The lowest BCUT2D eigenvalue weighted by atomic mass is 10.1. The molecule has 0 radical (unpaired) electrons. The molecule has 2 aromatic rings. The molecule has 98 valence electrons. The van der Waals surface area contributed by atoms with Crippen LogP contribution in [-0.2, 0) is 0 Å². The van der Waals surface area contributed by atoms with Crippen LogP contribution < -0.4 is 10.1 Å². The van der Waals surface area contributed by atoms with Crippen LogP contribution in [0, 0.1) is 0 Å². The van der Waals surface area contributed by atoms with E-state index in [-0.39, 0.29) is 17.1 Å². The largest absolute Gasteiger partial charge is 0.507 e. The van der Waals surface area contributed by atoms with Gasteiger partial charge in [0.1, 0.15) is 22.8 Å². The van der Waals surface area contributed by atoms with Crippen molar-refractivity contribution >= 4 is 11.6 Å². The molecular formula is C14H13NO4.